The van der Waals surface area contributed by atoms with Gasteiger partial charge >= 0.3 is 0 Å². The van der Waals surface area contributed by atoms with Crippen molar-refractivity contribution in [2.45, 2.75) is 19.4 Å². The molecule has 0 saturated carbocycles. The third kappa shape index (κ3) is 2.74. The first-order valence-corrected chi connectivity index (χ1v) is 10.2. The number of furan rings is 1. The maximum absolute atomic E-state index is 10.0. The molecule has 3 aromatic heterocycles. The van der Waals surface area contributed by atoms with E-state index in [0.717, 1.165) is 52.7 Å². The highest BCUT2D eigenvalue weighted by molar-refractivity contribution is 6.16. The summed E-state index contributed by atoms with van der Waals surface area (Å²) in [7, 11) is 4.27. The molecule has 5 rings (SSSR count). The van der Waals surface area contributed by atoms with E-state index in [0.29, 0.717) is 22.9 Å². The smallest absolute Gasteiger partial charge is 0.227 e. The highest BCUT2D eigenvalue weighted by Gasteiger charge is 2.31. The van der Waals surface area contributed by atoms with Crippen molar-refractivity contribution in [3.05, 3.63) is 54.0 Å². The molecule has 1 saturated heterocycles. The number of pyridine rings is 2. The lowest BCUT2D eigenvalue weighted by molar-refractivity contribution is 0.315. The van der Waals surface area contributed by atoms with Crippen LogP contribution in [0.4, 0.5) is 5.69 Å². The van der Waals surface area contributed by atoms with Crippen LogP contribution in [0.25, 0.3) is 33.2 Å². The Labute approximate surface area is 175 Å². The van der Waals surface area contributed by atoms with Crippen molar-refractivity contribution in [2.24, 2.45) is 0 Å². The molecule has 1 aliphatic rings. The summed E-state index contributed by atoms with van der Waals surface area (Å²) >= 11 is 0. The lowest BCUT2D eigenvalue weighted by Crippen LogP contribution is -2.31. The monoisotopic (exact) mass is 397 g/mol. The maximum Gasteiger partial charge on any atom is 0.227 e. The molecular formula is C24H23N5O. The number of anilines is 1. The molecule has 0 bridgehead atoms. The minimum Gasteiger partial charge on any atom is -0.436 e. The van der Waals surface area contributed by atoms with E-state index in [1.54, 1.807) is 18.6 Å². The van der Waals surface area contributed by atoms with Gasteiger partial charge in [-0.05, 0) is 62.8 Å². The van der Waals surface area contributed by atoms with Gasteiger partial charge in [-0.3, -0.25) is 4.98 Å². The fourth-order valence-corrected chi connectivity index (χ4v) is 4.63. The van der Waals surface area contributed by atoms with Crippen LogP contribution in [0.15, 0.2) is 47.3 Å². The Hall–Kier alpha value is -3.43. The predicted molar refractivity (Wildman–Crippen MR) is 119 cm³/mol. The van der Waals surface area contributed by atoms with Gasteiger partial charge in [-0.2, -0.15) is 5.26 Å². The maximum atomic E-state index is 10.0. The molecule has 1 aromatic carbocycles. The van der Waals surface area contributed by atoms with Crippen molar-refractivity contribution >= 4 is 27.8 Å². The van der Waals surface area contributed by atoms with Crippen LogP contribution in [0.1, 0.15) is 17.5 Å². The van der Waals surface area contributed by atoms with Gasteiger partial charge in [0, 0.05) is 43.3 Å². The molecule has 0 amide bonds. The minimum absolute atomic E-state index is 0.484. The van der Waals surface area contributed by atoms with Crippen molar-refractivity contribution in [1.29, 1.82) is 5.26 Å². The van der Waals surface area contributed by atoms with E-state index in [9.17, 15) is 5.26 Å². The van der Waals surface area contributed by atoms with E-state index in [2.05, 4.69) is 39.9 Å². The standard InChI is InChI=1S/C24H23N5O/c1-15-19(13-25)23-21(18-5-4-9-27-24(18)30-23)22(20(15)16-6-10-26-11-7-16)29-12-8-17(14-29)28(2)3/h4-7,9-11,17H,8,12,14H2,1-3H3/t17-/m0/s1. The zero-order valence-electron chi connectivity index (χ0n) is 17.4. The zero-order chi connectivity index (χ0) is 20.8. The quantitative estimate of drug-likeness (QED) is 0.511. The fourth-order valence-electron chi connectivity index (χ4n) is 4.63. The first-order chi connectivity index (χ1) is 14.6. The number of benzene rings is 1. The number of nitriles is 1. The van der Waals surface area contributed by atoms with Crippen molar-refractivity contribution in [1.82, 2.24) is 14.9 Å². The Morgan fingerprint density at radius 3 is 2.70 bits per heavy atom. The minimum atomic E-state index is 0.484. The van der Waals surface area contributed by atoms with E-state index in [4.69, 9.17) is 4.42 Å². The summed E-state index contributed by atoms with van der Waals surface area (Å²) in [4.78, 5) is 13.3. The number of hydrogen-bond acceptors (Lipinski definition) is 6. The molecule has 1 atom stereocenters. The van der Waals surface area contributed by atoms with Gasteiger partial charge in [0.25, 0.3) is 0 Å². The van der Waals surface area contributed by atoms with Gasteiger partial charge in [-0.1, -0.05) is 0 Å². The Morgan fingerprint density at radius 2 is 2.00 bits per heavy atom. The second-order valence-corrected chi connectivity index (χ2v) is 8.09. The van der Waals surface area contributed by atoms with Crippen LogP contribution in [0.5, 0.6) is 0 Å². The van der Waals surface area contributed by atoms with Gasteiger partial charge in [-0.15, -0.1) is 0 Å². The molecule has 0 unspecified atom stereocenters. The highest BCUT2D eigenvalue weighted by Crippen LogP contribution is 2.47. The summed E-state index contributed by atoms with van der Waals surface area (Å²) < 4.78 is 6.14. The molecular weight excluding hydrogens is 374 g/mol. The van der Waals surface area contributed by atoms with Gasteiger partial charge in [-0.25, -0.2) is 4.98 Å². The summed E-state index contributed by atoms with van der Waals surface area (Å²) in [6, 6.07) is 10.9. The molecule has 0 radical (unpaired) electrons. The molecule has 4 aromatic rings. The lowest BCUT2D eigenvalue weighted by Gasteiger charge is -2.26. The third-order valence-corrected chi connectivity index (χ3v) is 6.21. The molecule has 6 nitrogen and oxygen atoms in total. The second kappa shape index (κ2) is 7.12. The normalized spacial score (nSPS) is 16.6. The van der Waals surface area contributed by atoms with E-state index >= 15 is 0 Å². The number of likely N-dealkylation sites (N-methyl/N-ethyl adjacent to an activating group) is 1. The number of aromatic nitrogens is 2. The van der Waals surface area contributed by atoms with Crippen LogP contribution in [0, 0.1) is 18.3 Å². The Balaban J connectivity index is 1.91. The topological polar surface area (TPSA) is 69.2 Å². The molecule has 0 aliphatic carbocycles. The number of nitrogens with zero attached hydrogens (tertiary/aromatic N) is 5. The molecule has 6 heteroatoms. The Morgan fingerprint density at radius 1 is 1.20 bits per heavy atom. The van der Waals surface area contributed by atoms with Crippen molar-refractivity contribution in [3.8, 4) is 17.2 Å². The predicted octanol–water partition coefficient (Wildman–Crippen LogP) is 4.36. The van der Waals surface area contributed by atoms with Crippen LogP contribution < -0.4 is 4.90 Å². The van der Waals surface area contributed by atoms with Crippen molar-refractivity contribution in [2.75, 3.05) is 32.1 Å². The van der Waals surface area contributed by atoms with Crippen molar-refractivity contribution in [3.63, 3.8) is 0 Å². The summed E-state index contributed by atoms with van der Waals surface area (Å²) in [6.45, 7) is 3.89. The SMILES string of the molecule is Cc1c(-c2ccncc2)c(N2CC[C@H](N(C)C)C2)c2c(oc3ncccc32)c1C#N. The van der Waals surface area contributed by atoms with Crippen LogP contribution in [-0.2, 0) is 0 Å². The molecule has 0 N–H and O–H groups in total. The number of hydrogen-bond donors (Lipinski definition) is 0. The summed E-state index contributed by atoms with van der Waals surface area (Å²) in [5.41, 5.74) is 5.96. The average Bonchev–Trinajstić information content (AvgIpc) is 3.39. The largest absolute Gasteiger partial charge is 0.436 e. The molecule has 150 valence electrons. The number of fused-ring (bicyclic) bond motifs is 3. The average molecular weight is 397 g/mol. The van der Waals surface area contributed by atoms with Crippen LogP contribution in [0.3, 0.4) is 0 Å². The van der Waals surface area contributed by atoms with Gasteiger partial charge in [0.05, 0.1) is 22.0 Å². The molecule has 30 heavy (non-hydrogen) atoms. The summed E-state index contributed by atoms with van der Waals surface area (Å²) in [5, 5.41) is 11.9. The Kier molecular flexibility index (Phi) is 4.41. The third-order valence-electron chi connectivity index (χ3n) is 6.21. The number of rotatable bonds is 3. The first kappa shape index (κ1) is 18.6. The van der Waals surface area contributed by atoms with Gasteiger partial charge < -0.3 is 14.2 Å². The first-order valence-electron chi connectivity index (χ1n) is 10.2. The van der Waals surface area contributed by atoms with E-state index in [1.807, 2.05) is 31.2 Å². The zero-order valence-corrected chi connectivity index (χ0v) is 17.4. The lowest BCUT2D eigenvalue weighted by atomic mass is 9.91. The van der Waals surface area contributed by atoms with E-state index < -0.39 is 0 Å². The Bertz CT molecular complexity index is 1290. The molecule has 1 aliphatic heterocycles. The molecule has 4 heterocycles. The van der Waals surface area contributed by atoms with Gasteiger partial charge in [0.2, 0.25) is 5.71 Å². The highest BCUT2D eigenvalue weighted by atomic mass is 16.3. The van der Waals surface area contributed by atoms with E-state index in [1.165, 1.54) is 0 Å². The fraction of sp³-hybridized carbons (Fsp3) is 0.292. The molecule has 1 fully saturated rings. The van der Waals surface area contributed by atoms with Crippen LogP contribution in [-0.4, -0.2) is 48.1 Å². The molecule has 0 spiro atoms. The van der Waals surface area contributed by atoms with E-state index in [-0.39, 0.29) is 0 Å². The van der Waals surface area contributed by atoms with Crippen LogP contribution in [0.2, 0.25) is 0 Å². The van der Waals surface area contributed by atoms with Crippen molar-refractivity contribution < 1.29 is 4.42 Å². The summed E-state index contributed by atoms with van der Waals surface area (Å²) in [6.07, 6.45) is 6.43. The van der Waals surface area contributed by atoms with Crippen LogP contribution >= 0.6 is 0 Å². The van der Waals surface area contributed by atoms with Gasteiger partial charge in [0.1, 0.15) is 6.07 Å². The second-order valence-electron chi connectivity index (χ2n) is 8.09. The van der Waals surface area contributed by atoms with Gasteiger partial charge in [0.15, 0.2) is 5.58 Å². The summed E-state index contributed by atoms with van der Waals surface area (Å²) in [5.74, 6) is 0.